The highest BCUT2D eigenvalue weighted by atomic mass is 16.2. The van der Waals surface area contributed by atoms with E-state index in [9.17, 15) is 24.0 Å². The van der Waals surface area contributed by atoms with Crippen molar-refractivity contribution in [1.82, 2.24) is 20.9 Å². The standard InChI is InChI=1S/C29H43N7O5/c30-29(31)33-17-9-13-21-25(38)27(40)32-16-8-3-1-2-7-15-24(37)34-22(19-20-11-5-4-6-12-20)28(41)36-18-10-14-23(36)26(39)35-21/h4-6,11-12,21-23H,1-3,7-10,13-19H2,(H,32,40)(H,34,37)(H,35,39)(H4,30,31,33)/t21-,22+,23-/m1/s1. The third kappa shape index (κ3) is 10.2. The molecule has 7 N–H and O–H groups in total. The highest BCUT2D eigenvalue weighted by Crippen LogP contribution is 2.21. The van der Waals surface area contributed by atoms with Gasteiger partial charge >= 0.3 is 0 Å². The van der Waals surface area contributed by atoms with Gasteiger partial charge in [-0.15, -0.1) is 0 Å². The van der Waals surface area contributed by atoms with Crippen LogP contribution in [-0.2, 0) is 30.4 Å². The van der Waals surface area contributed by atoms with E-state index in [4.69, 9.17) is 11.5 Å². The van der Waals surface area contributed by atoms with Gasteiger partial charge in [0.2, 0.25) is 23.5 Å². The summed E-state index contributed by atoms with van der Waals surface area (Å²) in [5, 5.41) is 8.30. The van der Waals surface area contributed by atoms with Crippen LogP contribution in [0.5, 0.6) is 0 Å². The van der Waals surface area contributed by atoms with Crippen molar-refractivity contribution >= 4 is 35.4 Å². The SMILES string of the molecule is NC(N)=NCCC[C@H]1NC(=O)[C@H]2CCCN2C(=O)[C@H](Cc2ccccc2)NC(=O)CCCCCCCNC(=O)C1=O. The van der Waals surface area contributed by atoms with Crippen molar-refractivity contribution in [2.24, 2.45) is 16.5 Å². The van der Waals surface area contributed by atoms with Gasteiger partial charge in [-0.3, -0.25) is 29.0 Å². The van der Waals surface area contributed by atoms with E-state index in [1.165, 1.54) is 4.90 Å². The number of ketones is 1. The zero-order valence-electron chi connectivity index (χ0n) is 23.6. The zero-order valence-corrected chi connectivity index (χ0v) is 23.6. The molecule has 3 rings (SSSR count). The normalized spacial score (nSPS) is 23.8. The van der Waals surface area contributed by atoms with Crippen molar-refractivity contribution in [3.8, 4) is 0 Å². The first-order valence-electron chi connectivity index (χ1n) is 14.6. The third-order valence-electron chi connectivity index (χ3n) is 7.42. The Hall–Kier alpha value is -3.96. The zero-order chi connectivity index (χ0) is 29.6. The topological polar surface area (TPSA) is 189 Å². The molecule has 2 heterocycles. The molecule has 12 heteroatoms. The predicted octanol–water partition coefficient (Wildman–Crippen LogP) is 0.283. The number of nitrogens with one attached hydrogen (secondary N) is 3. The van der Waals surface area contributed by atoms with Gasteiger partial charge in [0.15, 0.2) is 5.96 Å². The molecule has 2 saturated heterocycles. The lowest BCUT2D eigenvalue weighted by molar-refractivity contribution is -0.143. The number of fused-ring (bicyclic) bond motifs is 1. The van der Waals surface area contributed by atoms with Crippen molar-refractivity contribution in [3.63, 3.8) is 0 Å². The Morgan fingerprint density at radius 2 is 1.63 bits per heavy atom. The van der Waals surface area contributed by atoms with E-state index >= 15 is 0 Å². The maximum atomic E-state index is 13.8. The molecule has 2 aliphatic heterocycles. The number of aliphatic imine (C=N–C) groups is 1. The number of hydrogen-bond acceptors (Lipinski definition) is 6. The Labute approximate surface area is 241 Å². The van der Waals surface area contributed by atoms with Crippen LogP contribution in [0.2, 0.25) is 0 Å². The molecule has 41 heavy (non-hydrogen) atoms. The van der Waals surface area contributed by atoms with Crippen LogP contribution < -0.4 is 27.4 Å². The Morgan fingerprint density at radius 1 is 0.902 bits per heavy atom. The lowest BCUT2D eigenvalue weighted by atomic mass is 10.0. The minimum Gasteiger partial charge on any atom is -0.370 e. The first-order chi connectivity index (χ1) is 19.8. The van der Waals surface area contributed by atoms with Gasteiger partial charge in [-0.25, -0.2) is 0 Å². The maximum Gasteiger partial charge on any atom is 0.289 e. The number of benzene rings is 1. The largest absolute Gasteiger partial charge is 0.370 e. The lowest BCUT2D eigenvalue weighted by Crippen LogP contribution is -2.56. The number of nitrogens with two attached hydrogens (primary N) is 2. The summed E-state index contributed by atoms with van der Waals surface area (Å²) in [5.74, 6) is -2.64. The summed E-state index contributed by atoms with van der Waals surface area (Å²) >= 11 is 0. The summed E-state index contributed by atoms with van der Waals surface area (Å²) in [5.41, 5.74) is 11.7. The van der Waals surface area contributed by atoms with Crippen LogP contribution in [0.1, 0.15) is 69.8 Å². The number of nitrogens with zero attached hydrogens (tertiary/aromatic N) is 2. The fourth-order valence-electron chi connectivity index (χ4n) is 5.25. The van der Waals surface area contributed by atoms with Crippen molar-refractivity contribution in [3.05, 3.63) is 35.9 Å². The quantitative estimate of drug-likeness (QED) is 0.141. The van der Waals surface area contributed by atoms with Crippen molar-refractivity contribution in [2.45, 2.75) is 88.8 Å². The molecule has 0 aromatic heterocycles. The fraction of sp³-hybridized carbons (Fsp3) is 0.586. The van der Waals surface area contributed by atoms with E-state index in [1.807, 2.05) is 30.3 Å². The predicted molar refractivity (Wildman–Crippen MR) is 154 cm³/mol. The van der Waals surface area contributed by atoms with Gasteiger partial charge in [0.1, 0.15) is 12.1 Å². The van der Waals surface area contributed by atoms with E-state index in [0.29, 0.717) is 58.0 Å². The molecule has 224 valence electrons. The molecule has 1 aromatic rings. The highest BCUT2D eigenvalue weighted by Gasteiger charge is 2.39. The van der Waals surface area contributed by atoms with Crippen LogP contribution in [-0.4, -0.2) is 78.0 Å². The summed E-state index contributed by atoms with van der Waals surface area (Å²) in [6.45, 7) is 0.923. The monoisotopic (exact) mass is 569 g/mol. The first kappa shape index (κ1) is 31.6. The minimum atomic E-state index is -1.09. The Morgan fingerprint density at radius 3 is 2.39 bits per heavy atom. The van der Waals surface area contributed by atoms with Crippen molar-refractivity contribution < 1.29 is 24.0 Å². The van der Waals surface area contributed by atoms with Gasteiger partial charge in [-0.05, 0) is 44.1 Å². The van der Waals surface area contributed by atoms with Crippen molar-refractivity contribution in [1.29, 1.82) is 0 Å². The van der Waals surface area contributed by atoms with Gasteiger partial charge in [0, 0.05) is 32.5 Å². The van der Waals surface area contributed by atoms with Crippen LogP contribution in [0.25, 0.3) is 0 Å². The number of hydrogen-bond donors (Lipinski definition) is 5. The fourth-order valence-corrected chi connectivity index (χ4v) is 5.25. The molecule has 0 bridgehead atoms. The van der Waals surface area contributed by atoms with Crippen LogP contribution in [0.4, 0.5) is 0 Å². The summed E-state index contributed by atoms with van der Waals surface area (Å²) in [6.07, 6.45) is 6.03. The molecule has 2 fully saturated rings. The maximum absolute atomic E-state index is 13.8. The average molecular weight is 570 g/mol. The minimum absolute atomic E-state index is 0.0872. The third-order valence-corrected chi connectivity index (χ3v) is 7.42. The number of rotatable bonds is 6. The van der Waals surface area contributed by atoms with Gasteiger partial charge in [-0.2, -0.15) is 0 Å². The summed E-state index contributed by atoms with van der Waals surface area (Å²) < 4.78 is 0. The second kappa shape index (κ2) is 16.3. The van der Waals surface area contributed by atoms with Gasteiger partial charge in [0.05, 0.1) is 6.04 Å². The van der Waals surface area contributed by atoms with Crippen LogP contribution >= 0.6 is 0 Å². The van der Waals surface area contributed by atoms with Crippen LogP contribution in [0.15, 0.2) is 35.3 Å². The van der Waals surface area contributed by atoms with Crippen LogP contribution in [0, 0.1) is 0 Å². The second-order valence-electron chi connectivity index (χ2n) is 10.6. The molecular formula is C29H43N7O5. The Balaban J connectivity index is 1.82. The van der Waals surface area contributed by atoms with E-state index in [-0.39, 0.29) is 30.7 Å². The molecule has 0 saturated carbocycles. The first-order valence-corrected chi connectivity index (χ1v) is 14.6. The molecule has 3 atom stereocenters. The molecule has 0 aliphatic carbocycles. The molecule has 0 radical (unpaired) electrons. The molecular weight excluding hydrogens is 526 g/mol. The van der Waals surface area contributed by atoms with E-state index in [1.54, 1.807) is 0 Å². The second-order valence-corrected chi connectivity index (χ2v) is 10.6. The molecule has 1 aromatic carbocycles. The van der Waals surface area contributed by atoms with Gasteiger partial charge < -0.3 is 32.3 Å². The Bertz CT molecular complexity index is 1090. The number of carbonyl (C=O) groups excluding carboxylic acids is 5. The Kier molecular flexibility index (Phi) is 12.6. The molecule has 2 aliphatic rings. The molecule has 12 nitrogen and oxygen atoms in total. The van der Waals surface area contributed by atoms with E-state index in [0.717, 1.165) is 24.8 Å². The van der Waals surface area contributed by atoms with Crippen molar-refractivity contribution in [2.75, 3.05) is 19.6 Å². The van der Waals surface area contributed by atoms with Crippen LogP contribution in [0.3, 0.4) is 0 Å². The molecule has 4 amide bonds. The number of guanidine groups is 1. The van der Waals surface area contributed by atoms with Gasteiger partial charge in [-0.1, -0.05) is 49.6 Å². The van der Waals surface area contributed by atoms with E-state index < -0.39 is 35.7 Å². The smallest absolute Gasteiger partial charge is 0.289 e. The number of Topliss-reactive ketones (excluding diaryl/α,β-unsaturated/α-hetero) is 1. The number of carbonyl (C=O) groups is 5. The summed E-state index contributed by atoms with van der Waals surface area (Å²) in [4.78, 5) is 71.2. The average Bonchev–Trinajstić information content (AvgIpc) is 3.45. The lowest BCUT2D eigenvalue weighted by Gasteiger charge is -2.30. The molecule has 0 unspecified atom stereocenters. The van der Waals surface area contributed by atoms with E-state index in [2.05, 4.69) is 20.9 Å². The molecule has 0 spiro atoms. The summed E-state index contributed by atoms with van der Waals surface area (Å²) in [7, 11) is 0. The number of amides is 4. The summed E-state index contributed by atoms with van der Waals surface area (Å²) in [6, 6.07) is 6.68. The van der Waals surface area contributed by atoms with Gasteiger partial charge in [0.25, 0.3) is 5.91 Å². The highest BCUT2D eigenvalue weighted by molar-refractivity contribution is 6.38.